The van der Waals surface area contributed by atoms with Crippen LogP contribution < -0.4 is 10.1 Å². The molecule has 1 aromatic rings. The Morgan fingerprint density at radius 2 is 2.12 bits per heavy atom. The van der Waals surface area contributed by atoms with Crippen molar-refractivity contribution in [2.24, 2.45) is 4.99 Å². The van der Waals surface area contributed by atoms with E-state index in [1.54, 1.807) is 25.4 Å². The summed E-state index contributed by atoms with van der Waals surface area (Å²) in [7, 11) is 1.51. The molecule has 7 heteroatoms. The fourth-order valence-electron chi connectivity index (χ4n) is 4.30. The standard InChI is InChI=1S/C18H24ClN3.C9H10O3/c1-3-15(22-9-4-5-10-22)8-6-7-14-12-18(2)17(11-16(14)19)20-13-21-18;1-6-3-4-7(12-2)5-8(6)9(10)11/h3,6,8,11-13,17H,4-5,7,9-10H2,1-2H3,(H,20,21);3-5H,1-2H3,(H,10,11)/b8-6-,15-3+;. The predicted octanol–water partition coefficient (Wildman–Crippen LogP) is 5.46. The lowest BCUT2D eigenvalue weighted by Gasteiger charge is -2.30. The summed E-state index contributed by atoms with van der Waals surface area (Å²) in [6.07, 6.45) is 16.2. The van der Waals surface area contributed by atoms with Crippen molar-refractivity contribution in [3.63, 3.8) is 0 Å². The summed E-state index contributed by atoms with van der Waals surface area (Å²) < 4.78 is 4.90. The van der Waals surface area contributed by atoms with Crippen LogP contribution in [0.5, 0.6) is 5.75 Å². The van der Waals surface area contributed by atoms with Gasteiger partial charge in [-0.15, -0.1) is 0 Å². The van der Waals surface area contributed by atoms with Gasteiger partial charge in [0.1, 0.15) is 5.75 Å². The number of ether oxygens (including phenoxy) is 1. The lowest BCUT2D eigenvalue weighted by atomic mass is 9.85. The number of carbonyl (C=O) groups is 1. The van der Waals surface area contributed by atoms with E-state index in [2.05, 4.69) is 59.4 Å². The lowest BCUT2D eigenvalue weighted by molar-refractivity contribution is 0.0695. The number of aliphatic imine (C=N–C) groups is 1. The summed E-state index contributed by atoms with van der Waals surface area (Å²) >= 11 is 6.42. The number of carboxylic acids is 1. The number of nitrogens with zero attached hydrogens (tertiary/aromatic N) is 2. The second kappa shape index (κ2) is 11.4. The topological polar surface area (TPSA) is 74.2 Å². The molecule has 1 aromatic carbocycles. The maximum absolute atomic E-state index is 10.6. The second-order valence-electron chi connectivity index (χ2n) is 8.83. The van der Waals surface area contributed by atoms with Crippen molar-refractivity contribution in [3.05, 3.63) is 76.0 Å². The van der Waals surface area contributed by atoms with E-state index in [9.17, 15) is 4.79 Å². The predicted molar refractivity (Wildman–Crippen MR) is 139 cm³/mol. The molecule has 2 unspecified atom stereocenters. The number of halogens is 1. The molecule has 182 valence electrons. The Balaban J connectivity index is 0.000000229. The molecule has 0 aromatic heterocycles. The zero-order chi connectivity index (χ0) is 24.7. The minimum atomic E-state index is -0.925. The first-order valence-electron chi connectivity index (χ1n) is 11.6. The summed E-state index contributed by atoms with van der Waals surface area (Å²) in [5, 5.41) is 12.9. The van der Waals surface area contributed by atoms with E-state index in [0.29, 0.717) is 5.75 Å². The SMILES string of the molecule is C/C=C(\C=C/CC1=CC2(C)NC=NC2C=C1Cl)N1CCCC1.COc1ccc(C)c(C(=O)O)c1. The monoisotopic (exact) mass is 483 g/mol. The first-order chi connectivity index (χ1) is 16.3. The van der Waals surface area contributed by atoms with Gasteiger partial charge in [-0.1, -0.05) is 35.9 Å². The van der Waals surface area contributed by atoms with Crippen molar-refractivity contribution >= 4 is 23.9 Å². The van der Waals surface area contributed by atoms with Crippen LogP contribution in [0.4, 0.5) is 0 Å². The molecule has 0 amide bonds. The second-order valence-corrected chi connectivity index (χ2v) is 9.24. The number of rotatable bonds is 6. The molecule has 1 saturated heterocycles. The number of methoxy groups -OCH3 is 1. The van der Waals surface area contributed by atoms with Crippen LogP contribution in [-0.2, 0) is 0 Å². The van der Waals surface area contributed by atoms with Gasteiger partial charge < -0.3 is 20.1 Å². The summed E-state index contributed by atoms with van der Waals surface area (Å²) in [5.41, 5.74) is 3.39. The first kappa shape index (κ1) is 25.6. The Labute approximate surface area is 207 Å². The fraction of sp³-hybridized carbons (Fsp3) is 0.407. The molecule has 2 N–H and O–H groups in total. The normalized spacial score (nSPS) is 23.6. The van der Waals surface area contributed by atoms with Crippen LogP contribution in [0.25, 0.3) is 0 Å². The van der Waals surface area contributed by atoms with Gasteiger partial charge in [-0.25, -0.2) is 4.79 Å². The molecule has 4 rings (SSSR count). The number of likely N-dealkylation sites (tertiary alicyclic amines) is 1. The van der Waals surface area contributed by atoms with Gasteiger partial charge in [0.25, 0.3) is 0 Å². The number of aromatic carboxylic acids is 1. The van der Waals surface area contributed by atoms with Crippen molar-refractivity contribution in [1.29, 1.82) is 0 Å². The molecule has 0 spiro atoms. The molecule has 0 saturated carbocycles. The van der Waals surface area contributed by atoms with E-state index < -0.39 is 5.97 Å². The number of benzene rings is 1. The molecule has 0 radical (unpaired) electrons. The van der Waals surface area contributed by atoms with Crippen LogP contribution in [0.15, 0.2) is 69.9 Å². The minimum absolute atomic E-state index is 0.114. The Bertz CT molecular complexity index is 1050. The smallest absolute Gasteiger partial charge is 0.336 e. The molecular weight excluding hydrogens is 450 g/mol. The molecule has 0 bridgehead atoms. The molecule has 1 aliphatic carbocycles. The van der Waals surface area contributed by atoms with Gasteiger partial charge in [0, 0.05) is 23.8 Å². The zero-order valence-electron chi connectivity index (χ0n) is 20.3. The molecule has 1 fully saturated rings. The largest absolute Gasteiger partial charge is 0.497 e. The summed E-state index contributed by atoms with van der Waals surface area (Å²) in [4.78, 5) is 17.5. The lowest BCUT2D eigenvalue weighted by Crippen LogP contribution is -2.44. The van der Waals surface area contributed by atoms with Crippen LogP contribution in [0.3, 0.4) is 0 Å². The van der Waals surface area contributed by atoms with Gasteiger partial charge in [0.2, 0.25) is 0 Å². The number of hydrogen-bond donors (Lipinski definition) is 2. The molecule has 2 aliphatic heterocycles. The third-order valence-electron chi connectivity index (χ3n) is 6.38. The maximum Gasteiger partial charge on any atom is 0.336 e. The van der Waals surface area contributed by atoms with Crippen LogP contribution >= 0.6 is 11.6 Å². The number of allylic oxidation sites excluding steroid dienone is 5. The summed E-state index contributed by atoms with van der Waals surface area (Å²) in [6.45, 7) is 8.37. The average molecular weight is 484 g/mol. The highest BCUT2D eigenvalue weighted by Gasteiger charge is 2.36. The van der Waals surface area contributed by atoms with E-state index in [0.717, 1.165) is 17.0 Å². The first-order valence-corrected chi connectivity index (χ1v) is 12.0. The van der Waals surface area contributed by atoms with Crippen molar-refractivity contribution in [1.82, 2.24) is 10.2 Å². The van der Waals surface area contributed by atoms with Gasteiger partial charge >= 0.3 is 5.97 Å². The quantitative estimate of drug-likeness (QED) is 0.526. The van der Waals surface area contributed by atoms with E-state index in [4.69, 9.17) is 21.4 Å². The van der Waals surface area contributed by atoms with Gasteiger partial charge in [0.15, 0.2) is 0 Å². The molecule has 3 aliphatic rings. The van der Waals surface area contributed by atoms with Crippen molar-refractivity contribution in [2.45, 2.75) is 51.6 Å². The average Bonchev–Trinajstić information content (AvgIpc) is 3.47. The molecular formula is C27H34ClN3O3. The Hall–Kier alpha value is -2.99. The number of aryl methyl sites for hydroxylation is 1. The van der Waals surface area contributed by atoms with Gasteiger partial charge in [-0.2, -0.15) is 0 Å². The number of fused-ring (bicyclic) bond motifs is 1. The maximum atomic E-state index is 10.6. The fourth-order valence-corrected chi connectivity index (χ4v) is 4.55. The van der Waals surface area contributed by atoms with Gasteiger partial charge in [-0.05, 0) is 75.5 Å². The Kier molecular flexibility index (Phi) is 8.61. The van der Waals surface area contributed by atoms with E-state index in [-0.39, 0.29) is 17.1 Å². The zero-order valence-corrected chi connectivity index (χ0v) is 21.1. The number of hydrogen-bond acceptors (Lipinski definition) is 5. The van der Waals surface area contributed by atoms with Crippen LogP contribution in [0.2, 0.25) is 0 Å². The highest BCUT2D eigenvalue weighted by Crippen LogP contribution is 2.34. The van der Waals surface area contributed by atoms with Crippen LogP contribution in [-0.4, -0.2) is 54.1 Å². The van der Waals surface area contributed by atoms with Crippen molar-refractivity contribution < 1.29 is 14.6 Å². The summed E-state index contributed by atoms with van der Waals surface area (Å²) in [5.74, 6) is -0.357. The molecule has 2 heterocycles. The molecule has 2 atom stereocenters. The van der Waals surface area contributed by atoms with E-state index in [1.165, 1.54) is 50.4 Å². The van der Waals surface area contributed by atoms with Crippen LogP contribution in [0, 0.1) is 6.92 Å². The highest BCUT2D eigenvalue weighted by atomic mass is 35.5. The van der Waals surface area contributed by atoms with Crippen molar-refractivity contribution in [2.75, 3.05) is 20.2 Å². The summed E-state index contributed by atoms with van der Waals surface area (Å²) in [6, 6.07) is 5.09. The molecule has 6 nitrogen and oxygen atoms in total. The van der Waals surface area contributed by atoms with Gasteiger partial charge in [-0.3, -0.25) is 4.99 Å². The molecule has 34 heavy (non-hydrogen) atoms. The van der Waals surface area contributed by atoms with Gasteiger partial charge in [0.05, 0.1) is 30.6 Å². The highest BCUT2D eigenvalue weighted by molar-refractivity contribution is 6.32. The minimum Gasteiger partial charge on any atom is -0.497 e. The Morgan fingerprint density at radius 3 is 2.76 bits per heavy atom. The number of carboxylic acid groups (broad SMARTS) is 1. The van der Waals surface area contributed by atoms with E-state index in [1.807, 2.05) is 0 Å². The van der Waals surface area contributed by atoms with Crippen molar-refractivity contribution in [3.8, 4) is 5.75 Å². The van der Waals surface area contributed by atoms with E-state index >= 15 is 0 Å². The Morgan fingerprint density at radius 1 is 1.38 bits per heavy atom. The number of nitrogens with one attached hydrogen (secondary N) is 1. The van der Waals surface area contributed by atoms with Crippen LogP contribution in [0.1, 0.15) is 49.0 Å². The third kappa shape index (κ3) is 6.11. The third-order valence-corrected chi connectivity index (χ3v) is 6.75.